The van der Waals surface area contributed by atoms with E-state index < -0.39 is 10.0 Å². The molecule has 1 aromatic heterocycles. The maximum Gasteiger partial charge on any atom is 0.243 e. The van der Waals surface area contributed by atoms with Crippen LogP contribution in [-0.4, -0.2) is 60.2 Å². The summed E-state index contributed by atoms with van der Waals surface area (Å²) in [7, 11) is -1.78. The molecule has 1 aromatic carbocycles. The van der Waals surface area contributed by atoms with Gasteiger partial charge in [-0.05, 0) is 25.0 Å². The van der Waals surface area contributed by atoms with Gasteiger partial charge in [0.1, 0.15) is 11.6 Å². The Morgan fingerprint density at radius 2 is 1.93 bits per heavy atom. The number of hydrogen-bond acceptors (Lipinski definition) is 6. The highest BCUT2D eigenvalue weighted by Gasteiger charge is 2.32. The Labute approximate surface area is 177 Å². The average Bonchev–Trinajstić information content (AvgIpc) is 2.78. The molecule has 2 aliphatic rings. The summed E-state index contributed by atoms with van der Waals surface area (Å²) in [6.45, 7) is 3.63. The Hall–Kier alpha value is -2.52. The van der Waals surface area contributed by atoms with Gasteiger partial charge in [0.25, 0.3) is 0 Å². The molecule has 160 valence electrons. The van der Waals surface area contributed by atoms with Crippen LogP contribution in [0.1, 0.15) is 42.8 Å². The summed E-state index contributed by atoms with van der Waals surface area (Å²) in [5.41, 5.74) is 1.72. The molecular weight excluding hydrogens is 402 g/mol. The predicted octanol–water partition coefficient (Wildman–Crippen LogP) is 1.99. The Morgan fingerprint density at radius 1 is 1.17 bits per heavy atom. The van der Waals surface area contributed by atoms with Crippen LogP contribution < -0.4 is 5.32 Å². The van der Waals surface area contributed by atoms with Crippen molar-refractivity contribution in [3.05, 3.63) is 47.4 Å². The van der Waals surface area contributed by atoms with Crippen LogP contribution in [0.3, 0.4) is 0 Å². The largest absolute Gasteiger partial charge is 0.373 e. The van der Waals surface area contributed by atoms with Gasteiger partial charge in [-0.2, -0.15) is 4.31 Å². The zero-order valence-electron chi connectivity index (χ0n) is 17.3. The number of carbonyl (C=O) groups is 1. The number of anilines is 1. The smallest absolute Gasteiger partial charge is 0.243 e. The maximum absolute atomic E-state index is 13.0. The van der Waals surface area contributed by atoms with E-state index in [4.69, 9.17) is 9.97 Å². The van der Waals surface area contributed by atoms with Crippen LogP contribution in [0.2, 0.25) is 0 Å². The van der Waals surface area contributed by atoms with E-state index in [1.165, 1.54) is 4.31 Å². The van der Waals surface area contributed by atoms with Crippen molar-refractivity contribution in [2.45, 2.75) is 43.5 Å². The number of piperidine rings is 1. The topological polar surface area (TPSA) is 95.5 Å². The maximum atomic E-state index is 13.0. The number of rotatable bonds is 4. The van der Waals surface area contributed by atoms with Gasteiger partial charge >= 0.3 is 0 Å². The van der Waals surface area contributed by atoms with Gasteiger partial charge in [-0.25, -0.2) is 18.4 Å². The number of carbonyl (C=O) groups excluding carboxylic acids is 1. The SMILES string of the molecule is CNc1nc(C2CCCN(C(C)=O)C2)nc2c1CN(S(=O)(=O)c1ccccc1)CC2. The lowest BCUT2D eigenvalue weighted by atomic mass is 9.96. The molecule has 4 rings (SSSR count). The summed E-state index contributed by atoms with van der Waals surface area (Å²) in [6.07, 6.45) is 2.41. The second-order valence-corrected chi connectivity index (χ2v) is 9.75. The first-order valence-corrected chi connectivity index (χ1v) is 11.7. The normalized spacial score (nSPS) is 19.9. The Bertz CT molecular complexity index is 1020. The van der Waals surface area contributed by atoms with E-state index in [1.807, 2.05) is 4.90 Å². The summed E-state index contributed by atoms with van der Waals surface area (Å²) in [6, 6.07) is 8.50. The zero-order chi connectivity index (χ0) is 21.3. The lowest BCUT2D eigenvalue weighted by Crippen LogP contribution is -2.39. The molecule has 30 heavy (non-hydrogen) atoms. The van der Waals surface area contributed by atoms with Gasteiger partial charge in [0.2, 0.25) is 15.9 Å². The zero-order valence-corrected chi connectivity index (χ0v) is 18.2. The molecule has 9 heteroatoms. The Kier molecular flexibility index (Phi) is 5.75. The van der Waals surface area contributed by atoms with Crippen LogP contribution >= 0.6 is 0 Å². The van der Waals surface area contributed by atoms with Crippen molar-refractivity contribution in [2.24, 2.45) is 0 Å². The van der Waals surface area contributed by atoms with E-state index in [9.17, 15) is 13.2 Å². The third kappa shape index (κ3) is 3.91. The fourth-order valence-electron chi connectivity index (χ4n) is 4.22. The molecule has 2 aliphatic heterocycles. The number of amides is 1. The number of aromatic nitrogens is 2. The highest BCUT2D eigenvalue weighted by molar-refractivity contribution is 7.89. The molecule has 2 aromatic rings. The minimum absolute atomic E-state index is 0.0771. The first-order valence-electron chi connectivity index (χ1n) is 10.3. The summed E-state index contributed by atoms with van der Waals surface area (Å²) < 4.78 is 27.6. The molecule has 1 saturated heterocycles. The van der Waals surface area contributed by atoms with Crippen molar-refractivity contribution >= 4 is 21.7 Å². The number of likely N-dealkylation sites (tertiary alicyclic amines) is 1. The third-order valence-corrected chi connectivity index (χ3v) is 7.75. The minimum Gasteiger partial charge on any atom is -0.373 e. The average molecular weight is 430 g/mol. The molecule has 0 spiro atoms. The van der Waals surface area contributed by atoms with Crippen LogP contribution in [0.25, 0.3) is 0 Å². The second kappa shape index (κ2) is 8.31. The summed E-state index contributed by atoms with van der Waals surface area (Å²) >= 11 is 0. The lowest BCUT2D eigenvalue weighted by molar-refractivity contribution is -0.130. The van der Waals surface area contributed by atoms with Gasteiger partial charge in [0, 0.05) is 58.1 Å². The van der Waals surface area contributed by atoms with Gasteiger partial charge in [0.15, 0.2) is 0 Å². The molecule has 1 fully saturated rings. The standard InChI is InChI=1S/C21H27N5O3S/c1-15(27)25-11-6-7-16(13-25)20-23-19-10-12-26(14-18(19)21(22-2)24-20)30(28,29)17-8-4-3-5-9-17/h3-5,8-9,16H,6-7,10-14H2,1-2H3,(H,22,23,24). The summed E-state index contributed by atoms with van der Waals surface area (Å²) in [4.78, 5) is 23.5. The van der Waals surface area contributed by atoms with Crippen molar-refractivity contribution in [3.63, 3.8) is 0 Å². The molecule has 0 aliphatic carbocycles. The first-order chi connectivity index (χ1) is 14.4. The third-order valence-electron chi connectivity index (χ3n) is 5.89. The van der Waals surface area contributed by atoms with Crippen LogP contribution in [0.4, 0.5) is 5.82 Å². The van der Waals surface area contributed by atoms with Gasteiger partial charge in [-0.15, -0.1) is 0 Å². The molecule has 1 unspecified atom stereocenters. The number of nitrogens with one attached hydrogen (secondary N) is 1. The predicted molar refractivity (Wildman–Crippen MR) is 114 cm³/mol. The molecule has 0 saturated carbocycles. The van der Waals surface area contributed by atoms with Crippen molar-refractivity contribution < 1.29 is 13.2 Å². The fourth-order valence-corrected chi connectivity index (χ4v) is 5.65. The van der Waals surface area contributed by atoms with Crippen LogP contribution in [0, 0.1) is 0 Å². The number of sulfonamides is 1. The van der Waals surface area contributed by atoms with Gasteiger partial charge < -0.3 is 10.2 Å². The van der Waals surface area contributed by atoms with Crippen molar-refractivity contribution in [1.82, 2.24) is 19.2 Å². The molecule has 3 heterocycles. The number of nitrogens with zero attached hydrogens (tertiary/aromatic N) is 4. The summed E-state index contributed by atoms with van der Waals surface area (Å²) in [5.74, 6) is 1.59. The van der Waals surface area contributed by atoms with Gasteiger partial charge in [0.05, 0.1) is 10.6 Å². The Morgan fingerprint density at radius 3 is 2.63 bits per heavy atom. The number of fused-ring (bicyclic) bond motifs is 1. The van der Waals surface area contributed by atoms with E-state index in [1.54, 1.807) is 44.3 Å². The first kappa shape index (κ1) is 20.7. The quantitative estimate of drug-likeness (QED) is 0.799. The minimum atomic E-state index is -3.57. The van der Waals surface area contributed by atoms with E-state index in [0.29, 0.717) is 30.2 Å². The summed E-state index contributed by atoms with van der Waals surface area (Å²) in [5, 5.41) is 3.13. The van der Waals surface area contributed by atoms with E-state index in [2.05, 4.69) is 5.32 Å². The van der Waals surface area contributed by atoms with Crippen LogP contribution in [-0.2, 0) is 27.8 Å². The highest BCUT2D eigenvalue weighted by atomic mass is 32.2. The van der Waals surface area contributed by atoms with Gasteiger partial charge in [-0.3, -0.25) is 4.79 Å². The fraction of sp³-hybridized carbons (Fsp3) is 0.476. The second-order valence-electron chi connectivity index (χ2n) is 7.81. The van der Waals surface area contributed by atoms with Crippen molar-refractivity contribution in [3.8, 4) is 0 Å². The Balaban J connectivity index is 1.62. The molecule has 1 atom stereocenters. The van der Waals surface area contributed by atoms with Crippen molar-refractivity contribution in [1.29, 1.82) is 0 Å². The van der Waals surface area contributed by atoms with Crippen LogP contribution in [0.5, 0.6) is 0 Å². The highest BCUT2D eigenvalue weighted by Crippen LogP contribution is 2.31. The lowest BCUT2D eigenvalue weighted by Gasteiger charge is -2.33. The van der Waals surface area contributed by atoms with Crippen molar-refractivity contribution in [2.75, 3.05) is 32.0 Å². The van der Waals surface area contributed by atoms with Gasteiger partial charge in [-0.1, -0.05) is 18.2 Å². The van der Waals surface area contributed by atoms with E-state index in [0.717, 1.165) is 36.5 Å². The molecule has 8 nitrogen and oxygen atoms in total. The van der Waals surface area contributed by atoms with E-state index >= 15 is 0 Å². The molecule has 0 radical (unpaired) electrons. The molecular formula is C21H27N5O3S. The monoisotopic (exact) mass is 429 g/mol. The number of hydrogen-bond donors (Lipinski definition) is 1. The molecule has 1 N–H and O–H groups in total. The van der Waals surface area contributed by atoms with Crippen LogP contribution in [0.15, 0.2) is 35.2 Å². The molecule has 1 amide bonds. The number of benzene rings is 1. The molecule has 0 bridgehead atoms. The van der Waals surface area contributed by atoms with E-state index in [-0.39, 0.29) is 18.4 Å².